The minimum Gasteiger partial charge on any atom is -0.369 e. The Kier molecular flexibility index (Phi) is 3.74. The molecule has 3 nitrogen and oxygen atoms in total. The van der Waals surface area contributed by atoms with Crippen molar-refractivity contribution in [2.75, 3.05) is 11.4 Å². The maximum absolute atomic E-state index is 13.2. The van der Waals surface area contributed by atoms with Crippen LogP contribution in [-0.4, -0.2) is 12.5 Å². The van der Waals surface area contributed by atoms with Crippen molar-refractivity contribution in [3.8, 4) is 0 Å². The second-order valence-electron chi connectivity index (χ2n) is 4.73. The van der Waals surface area contributed by atoms with Crippen molar-refractivity contribution in [1.29, 1.82) is 0 Å². The lowest BCUT2D eigenvalue weighted by molar-refractivity contribution is 0.625. The molecule has 1 atom stereocenters. The highest BCUT2D eigenvalue weighted by atomic mass is 35.5. The van der Waals surface area contributed by atoms with Gasteiger partial charge >= 0.3 is 0 Å². The normalized spacial score (nSPS) is 18.0. The summed E-state index contributed by atoms with van der Waals surface area (Å²) in [6.45, 7) is 0.462. The zero-order valence-electron chi connectivity index (χ0n) is 10.9. The molecule has 2 N–H and O–H groups in total. The highest BCUT2D eigenvalue weighted by molar-refractivity contribution is 6.31. The van der Waals surface area contributed by atoms with Gasteiger partial charge in [0.05, 0.1) is 12.6 Å². The molecule has 1 aliphatic heterocycles. The van der Waals surface area contributed by atoms with Crippen molar-refractivity contribution in [3.63, 3.8) is 0 Å². The fourth-order valence-corrected chi connectivity index (χ4v) is 2.92. The molecule has 0 fully saturated rings. The molecule has 0 aromatic heterocycles. The number of aliphatic imine (C=N–C) groups is 1. The maximum Gasteiger partial charge on any atom is 0.196 e. The summed E-state index contributed by atoms with van der Waals surface area (Å²) in [5.74, 6) is 0.0209. The van der Waals surface area contributed by atoms with Gasteiger partial charge in [0.1, 0.15) is 5.82 Å². The average Bonchev–Trinajstić information content (AvgIpc) is 2.80. The lowest BCUT2D eigenvalue weighted by Crippen LogP contribution is -2.36. The van der Waals surface area contributed by atoms with Gasteiger partial charge in [-0.25, -0.2) is 4.39 Å². The predicted octanol–water partition coefficient (Wildman–Crippen LogP) is 4.01. The number of anilines is 1. The van der Waals surface area contributed by atoms with E-state index in [1.165, 1.54) is 12.1 Å². The molecule has 0 aliphatic carbocycles. The first-order chi connectivity index (χ1) is 10.1. The van der Waals surface area contributed by atoms with Crippen LogP contribution in [0.1, 0.15) is 11.6 Å². The second-order valence-corrected chi connectivity index (χ2v) is 5.57. The SMILES string of the molecule is NC1=NCC(c2ccc(F)cc2Cl)N1c1cccc(Cl)c1. The molecule has 21 heavy (non-hydrogen) atoms. The van der Waals surface area contributed by atoms with Crippen LogP contribution in [0.15, 0.2) is 47.5 Å². The molecule has 0 bridgehead atoms. The van der Waals surface area contributed by atoms with Crippen molar-refractivity contribution in [1.82, 2.24) is 0 Å². The largest absolute Gasteiger partial charge is 0.369 e. The van der Waals surface area contributed by atoms with E-state index in [2.05, 4.69) is 4.99 Å². The Hall–Kier alpha value is -1.78. The number of rotatable bonds is 2. The molecule has 0 amide bonds. The summed E-state index contributed by atoms with van der Waals surface area (Å²) >= 11 is 12.2. The van der Waals surface area contributed by atoms with Crippen LogP contribution >= 0.6 is 23.2 Å². The predicted molar refractivity (Wildman–Crippen MR) is 84.6 cm³/mol. The Balaban J connectivity index is 2.03. The fraction of sp³-hybridized carbons (Fsp3) is 0.133. The van der Waals surface area contributed by atoms with Crippen molar-refractivity contribution in [3.05, 3.63) is 63.9 Å². The first kappa shape index (κ1) is 14.2. The van der Waals surface area contributed by atoms with E-state index in [9.17, 15) is 4.39 Å². The van der Waals surface area contributed by atoms with Gasteiger partial charge in [-0.2, -0.15) is 0 Å². The van der Waals surface area contributed by atoms with Gasteiger partial charge in [-0.05, 0) is 35.9 Å². The molecule has 2 aromatic carbocycles. The van der Waals surface area contributed by atoms with Crippen molar-refractivity contribution >= 4 is 34.8 Å². The summed E-state index contributed by atoms with van der Waals surface area (Å²) in [6.07, 6.45) is 0. The topological polar surface area (TPSA) is 41.6 Å². The summed E-state index contributed by atoms with van der Waals surface area (Å²) in [5, 5.41) is 0.966. The molecule has 0 saturated heterocycles. The smallest absolute Gasteiger partial charge is 0.196 e. The molecular formula is C15H12Cl2FN3. The van der Waals surface area contributed by atoms with Crippen molar-refractivity contribution in [2.45, 2.75) is 6.04 Å². The van der Waals surface area contributed by atoms with Crippen molar-refractivity contribution < 1.29 is 4.39 Å². The van der Waals surface area contributed by atoms with Gasteiger partial charge in [-0.1, -0.05) is 35.3 Å². The molecule has 108 valence electrons. The van der Waals surface area contributed by atoms with Gasteiger partial charge in [0, 0.05) is 15.7 Å². The van der Waals surface area contributed by atoms with E-state index in [4.69, 9.17) is 28.9 Å². The highest BCUT2D eigenvalue weighted by Crippen LogP contribution is 2.35. The van der Waals surface area contributed by atoms with Gasteiger partial charge in [-0.15, -0.1) is 0 Å². The highest BCUT2D eigenvalue weighted by Gasteiger charge is 2.30. The van der Waals surface area contributed by atoms with Crippen LogP contribution < -0.4 is 10.6 Å². The molecule has 0 saturated carbocycles. The third-order valence-electron chi connectivity index (χ3n) is 3.39. The Bertz CT molecular complexity index is 718. The second kappa shape index (κ2) is 5.54. The molecule has 1 heterocycles. The fourth-order valence-electron chi connectivity index (χ4n) is 2.44. The van der Waals surface area contributed by atoms with Crippen molar-refractivity contribution in [2.24, 2.45) is 10.7 Å². The van der Waals surface area contributed by atoms with E-state index in [0.717, 1.165) is 11.3 Å². The van der Waals surface area contributed by atoms with Crippen LogP contribution in [0.25, 0.3) is 0 Å². The average molecular weight is 324 g/mol. The first-order valence-corrected chi connectivity index (χ1v) is 7.11. The first-order valence-electron chi connectivity index (χ1n) is 6.36. The van der Waals surface area contributed by atoms with Crippen LogP contribution in [0, 0.1) is 5.82 Å². The van der Waals surface area contributed by atoms with Gasteiger partial charge in [0.15, 0.2) is 5.96 Å². The molecule has 0 radical (unpaired) electrons. The quantitative estimate of drug-likeness (QED) is 0.907. The van der Waals surface area contributed by atoms with Gasteiger partial charge in [-0.3, -0.25) is 4.99 Å². The summed E-state index contributed by atoms with van der Waals surface area (Å²) in [4.78, 5) is 6.12. The minimum atomic E-state index is -0.370. The van der Waals surface area contributed by atoms with E-state index in [-0.39, 0.29) is 11.9 Å². The Morgan fingerprint density at radius 1 is 1.19 bits per heavy atom. The lowest BCUT2D eigenvalue weighted by Gasteiger charge is -2.27. The van der Waals surface area contributed by atoms with E-state index in [0.29, 0.717) is 22.5 Å². The van der Waals surface area contributed by atoms with Crippen LogP contribution in [0.3, 0.4) is 0 Å². The monoisotopic (exact) mass is 323 g/mol. The number of nitrogens with two attached hydrogens (primary N) is 1. The summed E-state index contributed by atoms with van der Waals surface area (Å²) in [7, 11) is 0. The van der Waals surface area contributed by atoms with E-state index >= 15 is 0 Å². The number of nitrogens with zero attached hydrogens (tertiary/aromatic N) is 2. The van der Waals surface area contributed by atoms with E-state index in [1.54, 1.807) is 18.2 Å². The van der Waals surface area contributed by atoms with Gasteiger partial charge in [0.25, 0.3) is 0 Å². The van der Waals surface area contributed by atoms with E-state index in [1.807, 2.05) is 17.0 Å². The third-order valence-corrected chi connectivity index (χ3v) is 3.96. The molecule has 1 aliphatic rings. The standard InChI is InChI=1S/C15H12Cl2FN3/c16-9-2-1-3-11(6-9)21-14(8-20-15(21)19)12-5-4-10(18)7-13(12)17/h1-7,14H,8H2,(H2,19,20). The number of benzene rings is 2. The zero-order chi connectivity index (χ0) is 15.0. The van der Waals surface area contributed by atoms with Gasteiger partial charge in [0.2, 0.25) is 0 Å². The van der Waals surface area contributed by atoms with Crippen LogP contribution in [0.2, 0.25) is 10.0 Å². The van der Waals surface area contributed by atoms with Crippen LogP contribution in [0.5, 0.6) is 0 Å². The summed E-state index contributed by atoms with van der Waals surface area (Å²) in [6, 6.07) is 11.5. The molecule has 6 heteroatoms. The van der Waals surface area contributed by atoms with Crippen LogP contribution in [-0.2, 0) is 0 Å². The molecule has 0 spiro atoms. The Morgan fingerprint density at radius 2 is 2.00 bits per heavy atom. The number of halogens is 3. The van der Waals surface area contributed by atoms with Crippen LogP contribution in [0.4, 0.5) is 10.1 Å². The molecular weight excluding hydrogens is 312 g/mol. The number of hydrogen-bond acceptors (Lipinski definition) is 3. The molecule has 1 unspecified atom stereocenters. The number of guanidine groups is 1. The third kappa shape index (κ3) is 2.69. The minimum absolute atomic E-state index is 0.170. The lowest BCUT2D eigenvalue weighted by atomic mass is 10.1. The maximum atomic E-state index is 13.2. The van der Waals surface area contributed by atoms with E-state index < -0.39 is 0 Å². The number of hydrogen-bond donors (Lipinski definition) is 1. The summed E-state index contributed by atoms with van der Waals surface area (Å²) < 4.78 is 13.2. The zero-order valence-corrected chi connectivity index (χ0v) is 12.4. The molecule has 2 aromatic rings. The molecule has 3 rings (SSSR count). The Morgan fingerprint density at radius 3 is 2.71 bits per heavy atom. The summed E-state index contributed by atoms with van der Waals surface area (Å²) in [5.41, 5.74) is 7.59. The van der Waals surface area contributed by atoms with Gasteiger partial charge < -0.3 is 10.6 Å². The Labute approximate surface area is 131 Å².